The summed E-state index contributed by atoms with van der Waals surface area (Å²) in [6.45, 7) is 8.18. The van der Waals surface area contributed by atoms with Crippen LogP contribution >= 0.6 is 0 Å². The first-order valence-electron chi connectivity index (χ1n) is 15.4. The lowest BCUT2D eigenvalue weighted by atomic mass is 10.0. The highest BCUT2D eigenvalue weighted by atomic mass is 16.7. The second-order valence-corrected chi connectivity index (χ2v) is 11.3. The van der Waals surface area contributed by atoms with Crippen molar-refractivity contribution >= 4 is 34.6 Å². The average Bonchev–Trinajstić information content (AvgIpc) is 3.59. The minimum atomic E-state index is -0.289. The lowest BCUT2D eigenvalue weighted by Gasteiger charge is -2.35. The summed E-state index contributed by atoms with van der Waals surface area (Å²) >= 11 is 0. The number of likely N-dealkylation sites (N-methyl/N-ethyl adjacent to an activating group) is 1. The van der Waals surface area contributed by atoms with E-state index in [1.54, 1.807) is 7.11 Å². The number of ether oxygens (including phenoxy) is 2. The molecule has 0 radical (unpaired) electrons. The number of hydrogen-bond donors (Lipinski definition) is 2. The Kier molecular flexibility index (Phi) is 9.61. The highest BCUT2D eigenvalue weighted by Gasteiger charge is 2.30. The van der Waals surface area contributed by atoms with Crippen molar-refractivity contribution in [3.05, 3.63) is 103 Å². The Morgan fingerprint density at radius 2 is 1.85 bits per heavy atom. The van der Waals surface area contributed by atoms with E-state index in [1.807, 2.05) is 65.7 Å². The number of nitrogens with one attached hydrogen (secondary N) is 2. The van der Waals surface area contributed by atoms with Crippen molar-refractivity contribution in [3.63, 3.8) is 0 Å². The second-order valence-electron chi connectivity index (χ2n) is 11.3. The van der Waals surface area contributed by atoms with Gasteiger partial charge >= 0.3 is 0 Å². The number of carbonyl (C=O) groups excluding carboxylic acids is 1. The van der Waals surface area contributed by atoms with Crippen LogP contribution in [0.3, 0.4) is 0 Å². The summed E-state index contributed by atoms with van der Waals surface area (Å²) in [6.07, 6.45) is 3.56. The predicted octanol–water partition coefficient (Wildman–Crippen LogP) is 5.57. The van der Waals surface area contributed by atoms with Crippen molar-refractivity contribution in [2.75, 3.05) is 67.5 Å². The molecule has 1 atom stereocenters. The molecule has 11 nitrogen and oxygen atoms in total. The van der Waals surface area contributed by atoms with Gasteiger partial charge in [0.15, 0.2) is 5.82 Å². The molecule has 0 saturated carbocycles. The van der Waals surface area contributed by atoms with Crippen molar-refractivity contribution in [3.8, 4) is 11.5 Å². The van der Waals surface area contributed by atoms with Gasteiger partial charge in [0, 0.05) is 44.7 Å². The van der Waals surface area contributed by atoms with E-state index >= 15 is 0 Å². The van der Waals surface area contributed by atoms with Gasteiger partial charge in [0.25, 0.3) is 0 Å². The monoisotopic (exact) mass is 621 g/mol. The Balaban J connectivity index is 1.22. The molecule has 3 heterocycles. The summed E-state index contributed by atoms with van der Waals surface area (Å²) in [5.74, 6) is 2.29. The molecule has 0 spiro atoms. The first kappa shape index (κ1) is 30.9. The number of carbonyl (C=O) groups is 1. The molecule has 6 rings (SSSR count). The molecule has 2 N–H and O–H groups in total. The van der Waals surface area contributed by atoms with Crippen molar-refractivity contribution < 1.29 is 19.1 Å². The third kappa shape index (κ3) is 7.22. The molecule has 1 unspecified atom stereocenters. The van der Waals surface area contributed by atoms with Gasteiger partial charge in [-0.05, 0) is 42.4 Å². The van der Waals surface area contributed by atoms with Crippen LogP contribution in [0, 0.1) is 0 Å². The van der Waals surface area contributed by atoms with Gasteiger partial charge in [0.1, 0.15) is 30.3 Å². The number of piperazine rings is 1. The number of benzene rings is 3. The second kappa shape index (κ2) is 14.3. The fraction of sp³-hybridized carbons (Fsp3) is 0.286. The number of methoxy groups -OCH3 is 1. The van der Waals surface area contributed by atoms with E-state index in [-0.39, 0.29) is 11.9 Å². The highest BCUT2D eigenvalue weighted by Crippen LogP contribution is 2.40. The number of rotatable bonds is 11. The van der Waals surface area contributed by atoms with E-state index in [0.717, 1.165) is 55.2 Å². The maximum absolute atomic E-state index is 12.4. The molecule has 1 amide bonds. The zero-order chi connectivity index (χ0) is 31.9. The highest BCUT2D eigenvalue weighted by molar-refractivity contribution is 6.02. The SMILES string of the molecule is C=CC(=O)Nc1cc(Nc2cc(N3OCCC3c3cccc(OCc4ccccc4)c3)ncn2)c(OC)cc1N1CCN(C)CC1. The van der Waals surface area contributed by atoms with Gasteiger partial charge in [-0.3, -0.25) is 9.63 Å². The molecule has 11 heteroatoms. The number of nitrogens with zero attached hydrogens (tertiary/aromatic N) is 5. The quantitative estimate of drug-likeness (QED) is 0.207. The number of hydroxylamine groups is 1. The maximum Gasteiger partial charge on any atom is 0.247 e. The average molecular weight is 622 g/mol. The third-order valence-corrected chi connectivity index (χ3v) is 8.14. The summed E-state index contributed by atoms with van der Waals surface area (Å²) in [6, 6.07) is 23.8. The van der Waals surface area contributed by atoms with Crippen LogP contribution in [-0.4, -0.2) is 67.7 Å². The van der Waals surface area contributed by atoms with E-state index in [2.05, 4.69) is 56.2 Å². The minimum absolute atomic E-state index is 0.0545. The summed E-state index contributed by atoms with van der Waals surface area (Å²) in [4.78, 5) is 32.0. The van der Waals surface area contributed by atoms with Crippen molar-refractivity contribution in [1.29, 1.82) is 0 Å². The van der Waals surface area contributed by atoms with E-state index in [9.17, 15) is 4.79 Å². The van der Waals surface area contributed by atoms with Crippen LogP contribution in [0.25, 0.3) is 0 Å². The first-order chi connectivity index (χ1) is 22.5. The van der Waals surface area contributed by atoms with Gasteiger partial charge in [-0.25, -0.2) is 15.0 Å². The van der Waals surface area contributed by atoms with Gasteiger partial charge in [0.05, 0.1) is 36.8 Å². The lowest BCUT2D eigenvalue weighted by molar-refractivity contribution is -0.111. The molecule has 4 aromatic rings. The fourth-order valence-corrected chi connectivity index (χ4v) is 5.65. The van der Waals surface area contributed by atoms with Gasteiger partial charge < -0.3 is 29.9 Å². The molecule has 1 aromatic heterocycles. The topological polar surface area (TPSA) is 104 Å². The Morgan fingerprint density at radius 3 is 2.63 bits per heavy atom. The molecule has 2 aliphatic rings. The molecule has 238 valence electrons. The zero-order valence-corrected chi connectivity index (χ0v) is 26.2. The van der Waals surface area contributed by atoms with Crippen LogP contribution in [0.15, 0.2) is 91.8 Å². The van der Waals surface area contributed by atoms with Gasteiger partial charge in [-0.1, -0.05) is 49.0 Å². The molecular weight excluding hydrogens is 582 g/mol. The van der Waals surface area contributed by atoms with Gasteiger partial charge in [-0.15, -0.1) is 0 Å². The fourth-order valence-electron chi connectivity index (χ4n) is 5.65. The van der Waals surface area contributed by atoms with Crippen LogP contribution in [-0.2, 0) is 16.2 Å². The number of hydrogen-bond acceptors (Lipinski definition) is 10. The number of amides is 1. The summed E-state index contributed by atoms with van der Waals surface area (Å²) in [7, 11) is 3.73. The number of anilines is 5. The molecule has 2 saturated heterocycles. The van der Waals surface area contributed by atoms with Crippen LogP contribution in [0.4, 0.5) is 28.7 Å². The molecule has 0 bridgehead atoms. The van der Waals surface area contributed by atoms with Crippen LogP contribution < -0.4 is 30.1 Å². The van der Waals surface area contributed by atoms with Crippen molar-refractivity contribution in [2.24, 2.45) is 0 Å². The summed E-state index contributed by atoms with van der Waals surface area (Å²) in [5, 5.41) is 8.17. The van der Waals surface area contributed by atoms with E-state index in [1.165, 1.54) is 12.4 Å². The molecular formula is C35H39N7O4. The Hall–Kier alpha value is -5.13. The van der Waals surface area contributed by atoms with Crippen LogP contribution in [0.2, 0.25) is 0 Å². The predicted molar refractivity (Wildman–Crippen MR) is 180 cm³/mol. The molecule has 46 heavy (non-hydrogen) atoms. The summed E-state index contributed by atoms with van der Waals surface area (Å²) in [5.41, 5.74) is 4.37. The van der Waals surface area contributed by atoms with E-state index in [4.69, 9.17) is 14.3 Å². The lowest BCUT2D eigenvalue weighted by Crippen LogP contribution is -2.44. The largest absolute Gasteiger partial charge is 0.494 e. The normalized spacial score (nSPS) is 16.6. The minimum Gasteiger partial charge on any atom is -0.494 e. The zero-order valence-electron chi connectivity index (χ0n) is 26.2. The van der Waals surface area contributed by atoms with Gasteiger partial charge in [0.2, 0.25) is 5.91 Å². The van der Waals surface area contributed by atoms with Crippen molar-refractivity contribution in [1.82, 2.24) is 14.9 Å². The van der Waals surface area contributed by atoms with E-state index in [0.29, 0.717) is 42.0 Å². The van der Waals surface area contributed by atoms with E-state index < -0.39 is 0 Å². The number of aromatic nitrogens is 2. The van der Waals surface area contributed by atoms with Crippen LogP contribution in [0.5, 0.6) is 11.5 Å². The molecule has 2 fully saturated rings. The smallest absolute Gasteiger partial charge is 0.247 e. The Morgan fingerprint density at radius 1 is 1.02 bits per heavy atom. The standard InChI is InChI=1S/C35H39N7O4/c1-4-35(43)39-28-20-29(32(44-3)21-31(28)41-16-14-40(2)15-17-41)38-33-22-34(37-24-36-33)42-30(13-18-46-42)26-11-8-12-27(19-26)45-23-25-9-6-5-7-10-25/h4-12,19-22,24,30H,1,13-18,23H2,2-3H3,(H,39,43)(H,36,37,38). The third-order valence-electron chi connectivity index (χ3n) is 8.14. The Bertz CT molecular complexity index is 1660. The summed E-state index contributed by atoms with van der Waals surface area (Å²) < 4.78 is 11.9. The van der Waals surface area contributed by atoms with Crippen LogP contribution in [0.1, 0.15) is 23.6 Å². The first-order valence-corrected chi connectivity index (χ1v) is 15.4. The molecule has 2 aliphatic heterocycles. The van der Waals surface area contributed by atoms with Crippen molar-refractivity contribution in [2.45, 2.75) is 19.1 Å². The molecule has 3 aromatic carbocycles. The maximum atomic E-state index is 12.4. The van der Waals surface area contributed by atoms with Gasteiger partial charge in [-0.2, -0.15) is 0 Å². The molecule has 0 aliphatic carbocycles. The Labute approximate surface area is 269 Å².